The third kappa shape index (κ3) is 3.68. The second kappa shape index (κ2) is 7.83. The molecule has 1 saturated heterocycles. The van der Waals surface area contributed by atoms with E-state index < -0.39 is 0 Å². The number of nitrogens with one attached hydrogen (secondary N) is 2. The van der Waals surface area contributed by atoms with Crippen molar-refractivity contribution in [3.63, 3.8) is 0 Å². The highest BCUT2D eigenvalue weighted by atomic mass is 16.5. The van der Waals surface area contributed by atoms with Crippen LogP contribution in [0.5, 0.6) is 0 Å². The first kappa shape index (κ1) is 17.6. The molecule has 0 aromatic heterocycles. The molecule has 0 bridgehead atoms. The summed E-state index contributed by atoms with van der Waals surface area (Å²) in [6, 6.07) is 0.548. The fraction of sp³-hybridized carbons (Fsp3) is 0.950. The zero-order chi connectivity index (χ0) is 17.1. The molecule has 0 radical (unpaired) electrons. The van der Waals surface area contributed by atoms with Gasteiger partial charge in [0.25, 0.3) is 0 Å². The van der Waals surface area contributed by atoms with Gasteiger partial charge in [-0.15, -0.1) is 0 Å². The van der Waals surface area contributed by atoms with Crippen molar-refractivity contribution in [3.05, 3.63) is 0 Å². The molecule has 5 nitrogen and oxygen atoms in total. The van der Waals surface area contributed by atoms with E-state index in [-0.39, 0.29) is 0 Å². The van der Waals surface area contributed by atoms with Crippen LogP contribution in [-0.2, 0) is 9.47 Å². The van der Waals surface area contributed by atoms with Crippen molar-refractivity contribution < 1.29 is 9.47 Å². The minimum atomic E-state index is 0.380. The van der Waals surface area contributed by atoms with E-state index in [1.54, 1.807) is 0 Å². The predicted octanol–water partition coefficient (Wildman–Crippen LogP) is 2.71. The summed E-state index contributed by atoms with van der Waals surface area (Å²) in [4.78, 5) is 4.81. The third-order valence-electron chi connectivity index (χ3n) is 6.69. The molecule has 4 aliphatic rings. The minimum absolute atomic E-state index is 0.380. The standard InChI is InChI=1S/C20H35N3O2/c1-2-21-19(22-11-5-12-24-14-15-6-7-15)23-17-16-8-13-25-18(16)20(17)9-3-4-10-20/h15-18H,2-14H2,1H3,(H2,21,22,23). The van der Waals surface area contributed by atoms with Crippen LogP contribution in [0.15, 0.2) is 4.99 Å². The van der Waals surface area contributed by atoms with E-state index in [0.29, 0.717) is 23.5 Å². The molecule has 0 aromatic rings. The Morgan fingerprint density at radius 3 is 2.84 bits per heavy atom. The van der Waals surface area contributed by atoms with Gasteiger partial charge in [0.05, 0.1) is 6.10 Å². The number of rotatable bonds is 8. The molecule has 2 N–H and O–H groups in total. The first-order chi connectivity index (χ1) is 12.3. The smallest absolute Gasteiger partial charge is 0.191 e. The van der Waals surface area contributed by atoms with Crippen LogP contribution in [0.4, 0.5) is 0 Å². The predicted molar refractivity (Wildman–Crippen MR) is 99.8 cm³/mol. The van der Waals surface area contributed by atoms with E-state index >= 15 is 0 Å². The molecule has 3 atom stereocenters. The highest BCUT2D eigenvalue weighted by Crippen LogP contribution is 2.60. The van der Waals surface area contributed by atoms with Crippen molar-refractivity contribution in [2.24, 2.45) is 22.2 Å². The number of guanidine groups is 1. The van der Waals surface area contributed by atoms with Crippen LogP contribution < -0.4 is 10.6 Å². The molecule has 3 aliphatic carbocycles. The van der Waals surface area contributed by atoms with Crippen molar-refractivity contribution in [1.29, 1.82) is 0 Å². The Morgan fingerprint density at radius 1 is 1.24 bits per heavy atom. The van der Waals surface area contributed by atoms with Gasteiger partial charge in [0.1, 0.15) is 0 Å². The molecule has 3 unspecified atom stereocenters. The second-order valence-electron chi connectivity index (χ2n) is 8.44. The number of ether oxygens (including phenoxy) is 2. The van der Waals surface area contributed by atoms with Crippen molar-refractivity contribution in [3.8, 4) is 0 Å². The Labute approximate surface area is 152 Å². The van der Waals surface area contributed by atoms with Crippen LogP contribution in [0.1, 0.15) is 58.3 Å². The molecule has 0 aromatic carbocycles. The Kier molecular flexibility index (Phi) is 5.51. The molecule has 0 amide bonds. The van der Waals surface area contributed by atoms with Crippen LogP contribution in [0.3, 0.4) is 0 Å². The van der Waals surface area contributed by atoms with Crippen molar-refractivity contribution in [2.45, 2.75) is 70.4 Å². The van der Waals surface area contributed by atoms with Gasteiger partial charge in [-0.2, -0.15) is 0 Å². The summed E-state index contributed by atoms with van der Waals surface area (Å²) < 4.78 is 11.8. The summed E-state index contributed by atoms with van der Waals surface area (Å²) in [5.74, 6) is 2.53. The lowest BCUT2D eigenvalue weighted by Crippen LogP contribution is -2.69. The molecule has 4 rings (SSSR count). The molecular weight excluding hydrogens is 314 g/mol. The summed E-state index contributed by atoms with van der Waals surface area (Å²) in [7, 11) is 0. The Bertz CT molecular complexity index is 472. The summed E-state index contributed by atoms with van der Waals surface area (Å²) >= 11 is 0. The number of hydrogen-bond acceptors (Lipinski definition) is 3. The average molecular weight is 350 g/mol. The second-order valence-corrected chi connectivity index (χ2v) is 8.44. The highest BCUT2D eigenvalue weighted by molar-refractivity contribution is 5.80. The zero-order valence-corrected chi connectivity index (χ0v) is 15.8. The van der Waals surface area contributed by atoms with Gasteiger partial charge in [-0.25, -0.2) is 0 Å². The summed E-state index contributed by atoms with van der Waals surface area (Å²) in [5, 5.41) is 7.24. The van der Waals surface area contributed by atoms with E-state index in [1.165, 1.54) is 44.9 Å². The lowest BCUT2D eigenvalue weighted by molar-refractivity contribution is -0.125. The van der Waals surface area contributed by atoms with Crippen molar-refractivity contribution in [1.82, 2.24) is 10.6 Å². The first-order valence-electron chi connectivity index (χ1n) is 10.6. The van der Waals surface area contributed by atoms with E-state index in [9.17, 15) is 0 Å². The monoisotopic (exact) mass is 349 g/mol. The lowest BCUT2D eigenvalue weighted by atomic mass is 9.54. The minimum Gasteiger partial charge on any atom is -0.381 e. The van der Waals surface area contributed by atoms with E-state index in [2.05, 4.69) is 17.6 Å². The normalized spacial score (nSPS) is 33.3. The molecule has 1 heterocycles. The molecule has 25 heavy (non-hydrogen) atoms. The SMILES string of the molecule is CCNC(=NCCCOCC1CC1)NC1C2CCOC2C12CCCC2. The lowest BCUT2D eigenvalue weighted by Gasteiger charge is -2.57. The number of hydrogen-bond donors (Lipinski definition) is 2. The van der Waals surface area contributed by atoms with E-state index in [1.807, 2.05) is 0 Å². The van der Waals surface area contributed by atoms with Crippen LogP contribution in [-0.4, -0.2) is 51.0 Å². The van der Waals surface area contributed by atoms with Crippen molar-refractivity contribution in [2.75, 3.05) is 32.9 Å². The van der Waals surface area contributed by atoms with Crippen LogP contribution >= 0.6 is 0 Å². The maximum Gasteiger partial charge on any atom is 0.191 e. The molecule has 4 fully saturated rings. The van der Waals surface area contributed by atoms with Gasteiger partial charge in [0.2, 0.25) is 0 Å². The van der Waals surface area contributed by atoms with Gasteiger partial charge in [0.15, 0.2) is 5.96 Å². The summed E-state index contributed by atoms with van der Waals surface area (Å²) in [6.45, 7) is 6.63. The van der Waals surface area contributed by atoms with Gasteiger partial charge in [-0.3, -0.25) is 4.99 Å². The van der Waals surface area contributed by atoms with Gasteiger partial charge in [-0.1, -0.05) is 12.8 Å². The van der Waals surface area contributed by atoms with Crippen LogP contribution in [0.2, 0.25) is 0 Å². The summed E-state index contributed by atoms with van der Waals surface area (Å²) in [6.07, 6.45) is 10.8. The van der Waals surface area contributed by atoms with Gasteiger partial charge in [0, 0.05) is 50.3 Å². The topological polar surface area (TPSA) is 54.9 Å². The molecule has 1 spiro atoms. The van der Waals surface area contributed by atoms with E-state index in [4.69, 9.17) is 14.5 Å². The number of nitrogens with zero attached hydrogens (tertiary/aromatic N) is 1. The third-order valence-corrected chi connectivity index (χ3v) is 6.69. The van der Waals surface area contributed by atoms with Gasteiger partial charge >= 0.3 is 0 Å². The molecule has 5 heteroatoms. The number of aliphatic imine (C=N–C) groups is 1. The Hall–Kier alpha value is -0.810. The van der Waals surface area contributed by atoms with Crippen LogP contribution in [0, 0.1) is 17.3 Å². The van der Waals surface area contributed by atoms with Crippen LogP contribution in [0.25, 0.3) is 0 Å². The molecule has 142 valence electrons. The molecule has 3 saturated carbocycles. The summed E-state index contributed by atoms with van der Waals surface area (Å²) in [5.41, 5.74) is 0.380. The van der Waals surface area contributed by atoms with Gasteiger partial charge in [-0.05, 0) is 51.4 Å². The average Bonchev–Trinajstić information content (AvgIpc) is 3.11. The van der Waals surface area contributed by atoms with Gasteiger partial charge < -0.3 is 20.1 Å². The quantitative estimate of drug-likeness (QED) is 0.402. The fourth-order valence-corrected chi connectivity index (χ4v) is 5.26. The maximum atomic E-state index is 6.09. The molecule has 1 aliphatic heterocycles. The van der Waals surface area contributed by atoms with Crippen molar-refractivity contribution >= 4 is 5.96 Å². The Balaban J connectivity index is 1.28. The zero-order valence-electron chi connectivity index (χ0n) is 15.8. The fourth-order valence-electron chi connectivity index (χ4n) is 5.26. The number of fused-ring (bicyclic) bond motifs is 2. The maximum absolute atomic E-state index is 6.09. The van der Waals surface area contributed by atoms with E-state index in [0.717, 1.165) is 51.2 Å². The largest absolute Gasteiger partial charge is 0.381 e. The molecular formula is C20H35N3O2. The highest BCUT2D eigenvalue weighted by Gasteiger charge is 2.65. The Morgan fingerprint density at radius 2 is 2.08 bits per heavy atom. The first-order valence-corrected chi connectivity index (χ1v) is 10.6.